The first-order valence-corrected chi connectivity index (χ1v) is 10.2. The van der Waals surface area contributed by atoms with Gasteiger partial charge >= 0.3 is 0 Å². The summed E-state index contributed by atoms with van der Waals surface area (Å²) in [6.07, 6.45) is 4.53. The molecular weight excluding hydrogens is 488 g/mol. The quantitative estimate of drug-likeness (QED) is 0.388. The van der Waals surface area contributed by atoms with Gasteiger partial charge in [-0.25, -0.2) is 0 Å². The van der Waals surface area contributed by atoms with Crippen molar-refractivity contribution in [1.29, 1.82) is 0 Å². The van der Waals surface area contributed by atoms with Crippen LogP contribution >= 0.6 is 63.7 Å². The fourth-order valence-corrected chi connectivity index (χ4v) is 5.36. The first kappa shape index (κ1) is 17.2. The molecule has 102 valence electrons. The predicted octanol–water partition coefficient (Wildman–Crippen LogP) is 5.87. The zero-order valence-electron chi connectivity index (χ0n) is 10.2. The molecule has 0 bridgehead atoms. The Morgan fingerprint density at radius 3 is 1.50 bits per heavy atom. The van der Waals surface area contributed by atoms with E-state index in [1.807, 2.05) is 0 Å². The molecule has 0 amide bonds. The second kappa shape index (κ2) is 9.95. The summed E-state index contributed by atoms with van der Waals surface area (Å²) in [5.41, 5.74) is 2.94. The van der Waals surface area contributed by atoms with Crippen LogP contribution in [-0.4, -0.2) is 20.3 Å². The van der Waals surface area contributed by atoms with Crippen LogP contribution in [0.5, 0.6) is 0 Å². The van der Waals surface area contributed by atoms with Crippen LogP contribution in [0.2, 0.25) is 0 Å². The summed E-state index contributed by atoms with van der Waals surface area (Å²) in [7, 11) is 0. The molecule has 2 unspecified atom stereocenters. The maximum absolute atomic E-state index is 3.76. The van der Waals surface area contributed by atoms with E-state index in [9.17, 15) is 0 Å². The molecule has 0 aliphatic carbocycles. The summed E-state index contributed by atoms with van der Waals surface area (Å²) in [5, 5.41) is 2.10. The lowest BCUT2D eigenvalue weighted by Gasteiger charge is -2.15. The fourth-order valence-electron chi connectivity index (χ4n) is 1.87. The van der Waals surface area contributed by atoms with E-state index in [2.05, 4.69) is 88.0 Å². The summed E-state index contributed by atoms with van der Waals surface area (Å²) >= 11 is 14.5. The van der Waals surface area contributed by atoms with E-state index in [0.717, 1.165) is 36.3 Å². The van der Waals surface area contributed by atoms with E-state index >= 15 is 0 Å². The lowest BCUT2D eigenvalue weighted by molar-refractivity contribution is 0.800. The normalized spacial score (nSPS) is 14.4. The molecule has 0 aliphatic heterocycles. The smallest absolute Gasteiger partial charge is 0.0194 e. The minimum absolute atomic E-state index is 0.558. The summed E-state index contributed by atoms with van der Waals surface area (Å²) < 4.78 is 0. The molecule has 0 saturated carbocycles. The van der Waals surface area contributed by atoms with E-state index in [4.69, 9.17) is 0 Å². The second-order valence-electron chi connectivity index (χ2n) is 4.33. The Morgan fingerprint density at radius 2 is 1.17 bits per heavy atom. The SMILES string of the molecule is BrCCC(Br)Cc1ccccc1CC(Br)CCBr. The van der Waals surface area contributed by atoms with Gasteiger partial charge in [-0.3, -0.25) is 0 Å². The average molecular weight is 506 g/mol. The van der Waals surface area contributed by atoms with Crippen molar-refractivity contribution in [3.05, 3.63) is 35.4 Å². The van der Waals surface area contributed by atoms with Gasteiger partial charge in [0.2, 0.25) is 0 Å². The van der Waals surface area contributed by atoms with Crippen molar-refractivity contribution in [3.63, 3.8) is 0 Å². The van der Waals surface area contributed by atoms with Crippen LogP contribution in [0.4, 0.5) is 0 Å². The van der Waals surface area contributed by atoms with Gasteiger partial charge < -0.3 is 0 Å². The number of hydrogen-bond acceptors (Lipinski definition) is 0. The average Bonchev–Trinajstić information content (AvgIpc) is 2.32. The fraction of sp³-hybridized carbons (Fsp3) is 0.571. The van der Waals surface area contributed by atoms with Crippen LogP contribution in [-0.2, 0) is 12.8 Å². The number of rotatable bonds is 8. The molecule has 0 aromatic heterocycles. The van der Waals surface area contributed by atoms with E-state index in [1.54, 1.807) is 0 Å². The zero-order valence-corrected chi connectivity index (χ0v) is 16.6. The maximum Gasteiger partial charge on any atom is 0.0194 e. The van der Waals surface area contributed by atoms with Crippen LogP contribution in [0.3, 0.4) is 0 Å². The number of alkyl halides is 4. The van der Waals surface area contributed by atoms with Crippen LogP contribution in [0.1, 0.15) is 24.0 Å². The first-order chi connectivity index (χ1) is 8.67. The minimum atomic E-state index is 0.558. The van der Waals surface area contributed by atoms with Gasteiger partial charge in [0.15, 0.2) is 0 Å². The van der Waals surface area contributed by atoms with E-state index in [0.29, 0.717) is 9.65 Å². The van der Waals surface area contributed by atoms with Crippen molar-refractivity contribution in [2.24, 2.45) is 0 Å². The van der Waals surface area contributed by atoms with Gasteiger partial charge in [-0.1, -0.05) is 88.0 Å². The van der Waals surface area contributed by atoms with Crippen LogP contribution in [0, 0.1) is 0 Å². The molecule has 1 rings (SSSR count). The van der Waals surface area contributed by atoms with Crippen molar-refractivity contribution >= 4 is 63.7 Å². The molecule has 1 aromatic carbocycles. The number of benzene rings is 1. The van der Waals surface area contributed by atoms with Gasteiger partial charge in [0, 0.05) is 20.3 Å². The summed E-state index contributed by atoms with van der Waals surface area (Å²) in [6.45, 7) is 0. The third kappa shape index (κ3) is 6.53. The summed E-state index contributed by atoms with van der Waals surface area (Å²) in [5.74, 6) is 0. The second-order valence-corrected chi connectivity index (χ2v) is 8.50. The molecule has 0 fully saturated rings. The Hall–Kier alpha value is 1.14. The molecule has 0 spiro atoms. The molecule has 0 N–H and O–H groups in total. The molecule has 18 heavy (non-hydrogen) atoms. The molecule has 4 heteroatoms. The lowest BCUT2D eigenvalue weighted by Crippen LogP contribution is -2.09. The Bertz CT molecular complexity index is 307. The van der Waals surface area contributed by atoms with Crippen molar-refractivity contribution in [3.8, 4) is 0 Å². The lowest BCUT2D eigenvalue weighted by atomic mass is 9.98. The Kier molecular flexibility index (Phi) is 9.51. The van der Waals surface area contributed by atoms with E-state index < -0.39 is 0 Å². The van der Waals surface area contributed by atoms with Crippen molar-refractivity contribution < 1.29 is 0 Å². The largest absolute Gasteiger partial charge is 0.0928 e. The van der Waals surface area contributed by atoms with Crippen LogP contribution in [0.15, 0.2) is 24.3 Å². The minimum Gasteiger partial charge on any atom is -0.0928 e. The Labute approximate surface area is 144 Å². The van der Waals surface area contributed by atoms with Gasteiger partial charge in [0.25, 0.3) is 0 Å². The van der Waals surface area contributed by atoms with E-state index in [-0.39, 0.29) is 0 Å². The molecular formula is C14H18Br4. The third-order valence-electron chi connectivity index (χ3n) is 2.85. The van der Waals surface area contributed by atoms with Gasteiger partial charge in [-0.2, -0.15) is 0 Å². The van der Waals surface area contributed by atoms with Crippen LogP contribution < -0.4 is 0 Å². The standard InChI is InChI=1S/C14H18Br4/c15-7-5-13(17)9-11-3-1-2-4-12(11)10-14(18)6-8-16/h1-4,13-14H,5-10H2. The van der Waals surface area contributed by atoms with Gasteiger partial charge in [-0.15, -0.1) is 0 Å². The third-order valence-corrected chi connectivity index (χ3v) is 5.32. The Morgan fingerprint density at radius 1 is 0.778 bits per heavy atom. The highest BCUT2D eigenvalue weighted by molar-refractivity contribution is 9.10. The van der Waals surface area contributed by atoms with Gasteiger partial charge in [0.05, 0.1) is 0 Å². The molecule has 0 aliphatic rings. The van der Waals surface area contributed by atoms with Crippen molar-refractivity contribution in [1.82, 2.24) is 0 Å². The molecule has 0 heterocycles. The Balaban J connectivity index is 2.66. The summed E-state index contributed by atoms with van der Waals surface area (Å²) in [6, 6.07) is 8.79. The number of hydrogen-bond donors (Lipinski definition) is 0. The molecule has 0 nitrogen and oxygen atoms in total. The topological polar surface area (TPSA) is 0 Å². The highest BCUT2D eigenvalue weighted by Gasteiger charge is 2.11. The molecule has 0 radical (unpaired) electrons. The molecule has 0 saturated heterocycles. The maximum atomic E-state index is 3.76. The van der Waals surface area contributed by atoms with E-state index in [1.165, 1.54) is 11.1 Å². The highest BCUT2D eigenvalue weighted by Crippen LogP contribution is 2.22. The summed E-state index contributed by atoms with van der Waals surface area (Å²) in [4.78, 5) is 1.12. The zero-order chi connectivity index (χ0) is 13.4. The first-order valence-electron chi connectivity index (χ1n) is 6.14. The molecule has 1 aromatic rings. The van der Waals surface area contributed by atoms with Crippen molar-refractivity contribution in [2.45, 2.75) is 35.3 Å². The van der Waals surface area contributed by atoms with Crippen LogP contribution in [0.25, 0.3) is 0 Å². The predicted molar refractivity (Wildman–Crippen MR) is 96.1 cm³/mol. The monoisotopic (exact) mass is 502 g/mol. The molecule has 2 atom stereocenters. The van der Waals surface area contributed by atoms with Gasteiger partial charge in [-0.05, 0) is 36.8 Å². The highest BCUT2D eigenvalue weighted by atomic mass is 79.9. The van der Waals surface area contributed by atoms with Crippen molar-refractivity contribution in [2.75, 3.05) is 10.7 Å². The number of halogens is 4. The van der Waals surface area contributed by atoms with Gasteiger partial charge in [0.1, 0.15) is 0 Å².